The lowest BCUT2D eigenvalue weighted by atomic mass is 10.1. The lowest BCUT2D eigenvalue weighted by Crippen LogP contribution is -2.37. The van der Waals surface area contributed by atoms with Crippen LogP contribution in [0.2, 0.25) is 0 Å². The van der Waals surface area contributed by atoms with Gasteiger partial charge < -0.3 is 20.1 Å². The molecule has 1 aliphatic carbocycles. The molecule has 4 rings (SSSR count). The molecule has 9 nitrogen and oxygen atoms in total. The quantitative estimate of drug-likeness (QED) is 0.513. The minimum Gasteiger partial charge on any atom is -0.505 e. The summed E-state index contributed by atoms with van der Waals surface area (Å²) >= 11 is 0. The standard InChI is InChI=1S/C25H32N4O5S/c1-4-12-29(5-2)13-14-34-19-9-10-21-20(15-19)24(30)23(28(3)35(21,32)33)25(31)27-22-11-8-18(16-26-22)17-6-7-17/h8-11,15-17,30H,4-7,12-14H2,1-3H3,(H,26,27,31). The van der Waals surface area contributed by atoms with Crippen LogP contribution in [0.15, 0.2) is 47.1 Å². The number of carbonyl (C=O) groups excluding carboxylic acids is 1. The number of likely N-dealkylation sites (N-methyl/N-ethyl adjacent to an activating group) is 2. The summed E-state index contributed by atoms with van der Waals surface area (Å²) in [6.07, 6.45) is 5.03. The van der Waals surface area contributed by atoms with Gasteiger partial charge in [0, 0.05) is 25.4 Å². The molecule has 0 spiro atoms. The number of nitrogens with one attached hydrogen (secondary N) is 1. The Kier molecular flexibility index (Phi) is 7.32. The van der Waals surface area contributed by atoms with Crippen molar-refractivity contribution in [3.63, 3.8) is 0 Å². The van der Waals surface area contributed by atoms with Crippen LogP contribution in [0, 0.1) is 0 Å². The summed E-state index contributed by atoms with van der Waals surface area (Å²) in [5.41, 5.74) is 0.771. The Morgan fingerprint density at radius 3 is 2.63 bits per heavy atom. The smallest absolute Gasteiger partial charge is 0.277 e. The highest BCUT2D eigenvalue weighted by atomic mass is 32.2. The van der Waals surface area contributed by atoms with Gasteiger partial charge in [-0.1, -0.05) is 19.9 Å². The Morgan fingerprint density at radius 1 is 1.23 bits per heavy atom. The van der Waals surface area contributed by atoms with Gasteiger partial charge in [0.05, 0.1) is 4.90 Å². The molecule has 35 heavy (non-hydrogen) atoms. The van der Waals surface area contributed by atoms with Crippen molar-refractivity contribution in [1.82, 2.24) is 14.2 Å². The van der Waals surface area contributed by atoms with Crippen LogP contribution in [-0.4, -0.2) is 66.9 Å². The summed E-state index contributed by atoms with van der Waals surface area (Å²) < 4.78 is 32.8. The maximum absolute atomic E-state index is 13.1. The Morgan fingerprint density at radius 2 is 2.00 bits per heavy atom. The summed E-state index contributed by atoms with van der Waals surface area (Å²) in [6, 6.07) is 7.99. The molecule has 0 saturated heterocycles. The molecule has 1 amide bonds. The molecule has 1 aromatic carbocycles. The van der Waals surface area contributed by atoms with E-state index in [1.54, 1.807) is 18.3 Å². The van der Waals surface area contributed by atoms with Crippen LogP contribution >= 0.6 is 0 Å². The van der Waals surface area contributed by atoms with Gasteiger partial charge in [0.15, 0.2) is 11.5 Å². The first-order valence-electron chi connectivity index (χ1n) is 11.9. The predicted molar refractivity (Wildman–Crippen MR) is 134 cm³/mol. The topological polar surface area (TPSA) is 112 Å². The second-order valence-electron chi connectivity index (χ2n) is 8.82. The summed E-state index contributed by atoms with van der Waals surface area (Å²) in [6.45, 7) is 7.22. The van der Waals surface area contributed by atoms with Crippen molar-refractivity contribution >= 4 is 27.5 Å². The van der Waals surface area contributed by atoms with Crippen molar-refractivity contribution in [3.05, 3.63) is 53.4 Å². The van der Waals surface area contributed by atoms with Gasteiger partial charge >= 0.3 is 0 Å². The van der Waals surface area contributed by atoms with Crippen LogP contribution in [0.1, 0.15) is 50.2 Å². The maximum Gasteiger partial charge on any atom is 0.277 e. The summed E-state index contributed by atoms with van der Waals surface area (Å²) in [7, 11) is -2.80. The van der Waals surface area contributed by atoms with Crippen molar-refractivity contribution in [3.8, 4) is 5.75 Å². The Hall–Kier alpha value is -3.11. The van der Waals surface area contributed by atoms with Crippen molar-refractivity contribution in [2.45, 2.75) is 43.9 Å². The monoisotopic (exact) mass is 500 g/mol. The minimum atomic E-state index is -4.04. The van der Waals surface area contributed by atoms with Gasteiger partial charge in [-0.3, -0.25) is 9.10 Å². The number of hydrogen-bond donors (Lipinski definition) is 2. The number of aromatic nitrogens is 1. The molecule has 2 N–H and O–H groups in total. The Bertz CT molecular complexity index is 1220. The number of benzene rings is 1. The number of aliphatic hydroxyl groups excluding tert-OH is 1. The van der Waals surface area contributed by atoms with Gasteiger partial charge in [0.2, 0.25) is 0 Å². The van der Waals surface area contributed by atoms with E-state index in [1.807, 2.05) is 6.07 Å². The first-order valence-corrected chi connectivity index (χ1v) is 13.4. The normalized spacial score (nSPS) is 16.9. The van der Waals surface area contributed by atoms with Gasteiger partial charge in [0.1, 0.15) is 18.2 Å². The lowest BCUT2D eigenvalue weighted by Gasteiger charge is -2.28. The fourth-order valence-electron chi connectivity index (χ4n) is 4.15. The second-order valence-corrected chi connectivity index (χ2v) is 10.8. The van der Waals surface area contributed by atoms with Crippen LogP contribution in [0.3, 0.4) is 0 Å². The highest BCUT2D eigenvalue weighted by Gasteiger charge is 2.38. The van der Waals surface area contributed by atoms with Crippen LogP contribution < -0.4 is 10.1 Å². The molecule has 0 bridgehead atoms. The highest BCUT2D eigenvalue weighted by Crippen LogP contribution is 2.40. The molecule has 1 aromatic heterocycles. The average molecular weight is 501 g/mol. The zero-order valence-electron chi connectivity index (χ0n) is 20.3. The molecule has 2 heterocycles. The van der Waals surface area contributed by atoms with E-state index in [0.717, 1.165) is 48.8 Å². The van der Waals surface area contributed by atoms with Crippen LogP contribution in [0.25, 0.3) is 5.76 Å². The first kappa shape index (κ1) is 25.0. The number of anilines is 1. The number of ether oxygens (including phenoxy) is 1. The van der Waals surface area contributed by atoms with Crippen molar-refractivity contribution in [1.29, 1.82) is 0 Å². The highest BCUT2D eigenvalue weighted by molar-refractivity contribution is 7.89. The molecular formula is C25H32N4O5S. The SMILES string of the molecule is CCCN(CC)CCOc1ccc2c(c1)C(O)=C(C(=O)Nc1ccc(C3CC3)cn1)N(C)S2(=O)=O. The van der Waals surface area contributed by atoms with Crippen LogP contribution in [0.4, 0.5) is 5.82 Å². The minimum absolute atomic E-state index is 0.0312. The zero-order valence-corrected chi connectivity index (χ0v) is 21.1. The van der Waals surface area contributed by atoms with Crippen molar-refractivity contribution < 1.29 is 23.1 Å². The number of aliphatic hydroxyl groups is 1. The average Bonchev–Trinajstić information content (AvgIpc) is 3.68. The molecule has 2 aliphatic rings. The van der Waals surface area contributed by atoms with E-state index >= 15 is 0 Å². The van der Waals surface area contributed by atoms with E-state index in [9.17, 15) is 18.3 Å². The number of rotatable bonds is 10. The van der Waals surface area contributed by atoms with Crippen molar-refractivity contribution in [2.75, 3.05) is 38.6 Å². The van der Waals surface area contributed by atoms with Gasteiger partial charge in [-0.2, -0.15) is 0 Å². The molecule has 1 saturated carbocycles. The van der Waals surface area contributed by atoms with Gasteiger partial charge in [-0.25, -0.2) is 13.4 Å². The zero-order chi connectivity index (χ0) is 25.2. The third-order valence-corrected chi connectivity index (χ3v) is 8.15. The van der Waals surface area contributed by atoms with E-state index in [0.29, 0.717) is 18.3 Å². The maximum atomic E-state index is 13.1. The van der Waals surface area contributed by atoms with E-state index < -0.39 is 21.7 Å². The summed E-state index contributed by atoms with van der Waals surface area (Å²) in [5.74, 6) is 0.0188. The molecule has 2 aromatic rings. The van der Waals surface area contributed by atoms with Gasteiger partial charge in [0.25, 0.3) is 15.9 Å². The number of amides is 1. The molecule has 10 heteroatoms. The third kappa shape index (κ3) is 5.28. The lowest BCUT2D eigenvalue weighted by molar-refractivity contribution is -0.113. The number of hydrogen-bond acceptors (Lipinski definition) is 7. The predicted octanol–water partition coefficient (Wildman–Crippen LogP) is 3.57. The molecular weight excluding hydrogens is 468 g/mol. The summed E-state index contributed by atoms with van der Waals surface area (Å²) in [5, 5.41) is 13.6. The molecule has 0 radical (unpaired) electrons. The van der Waals surface area contributed by atoms with Crippen LogP contribution in [-0.2, 0) is 14.8 Å². The number of fused-ring (bicyclic) bond motifs is 1. The third-order valence-electron chi connectivity index (χ3n) is 6.34. The Labute approximate surface area is 206 Å². The molecule has 0 unspecified atom stereocenters. The molecule has 1 fully saturated rings. The summed E-state index contributed by atoms with van der Waals surface area (Å²) in [4.78, 5) is 19.5. The fourth-order valence-corrected chi connectivity index (χ4v) is 5.53. The van der Waals surface area contributed by atoms with Crippen molar-refractivity contribution in [2.24, 2.45) is 0 Å². The van der Waals surface area contributed by atoms with E-state index in [2.05, 4.69) is 29.0 Å². The molecule has 1 aliphatic heterocycles. The van der Waals surface area contributed by atoms with E-state index in [1.165, 1.54) is 19.2 Å². The second kappa shape index (κ2) is 10.2. The van der Waals surface area contributed by atoms with Gasteiger partial charge in [-0.15, -0.1) is 0 Å². The molecule has 188 valence electrons. The molecule has 0 atom stereocenters. The number of sulfonamides is 1. The number of nitrogens with zero attached hydrogens (tertiary/aromatic N) is 3. The number of pyridine rings is 1. The fraction of sp³-hybridized carbons (Fsp3) is 0.440. The van der Waals surface area contributed by atoms with Gasteiger partial charge in [-0.05, 0) is 68.1 Å². The van der Waals surface area contributed by atoms with Crippen LogP contribution in [0.5, 0.6) is 5.75 Å². The van der Waals surface area contributed by atoms with E-state index in [4.69, 9.17) is 4.74 Å². The largest absolute Gasteiger partial charge is 0.505 e. The number of carbonyl (C=O) groups is 1. The Balaban J connectivity index is 1.56. The van der Waals surface area contributed by atoms with E-state index in [-0.39, 0.29) is 22.0 Å². The first-order chi connectivity index (χ1) is 16.8.